The van der Waals surface area contributed by atoms with Crippen LogP contribution in [0.4, 0.5) is 0 Å². The van der Waals surface area contributed by atoms with E-state index < -0.39 is 0 Å². The first kappa shape index (κ1) is 17.8. The van der Waals surface area contributed by atoms with Crippen molar-refractivity contribution in [2.24, 2.45) is 0 Å². The van der Waals surface area contributed by atoms with E-state index in [2.05, 4.69) is 25.1 Å². The van der Waals surface area contributed by atoms with E-state index in [9.17, 15) is 4.79 Å². The number of Topliss-reactive ketones (excluding diaryl/α,β-unsaturated/α-hetero) is 1. The Kier molecular flexibility index (Phi) is 5.93. The van der Waals surface area contributed by atoms with Gasteiger partial charge in [0.1, 0.15) is 5.78 Å². The summed E-state index contributed by atoms with van der Waals surface area (Å²) in [5, 5.41) is 1.24. The molecule has 1 saturated carbocycles. The molecule has 22 heavy (non-hydrogen) atoms. The van der Waals surface area contributed by atoms with Gasteiger partial charge in [0.2, 0.25) is 0 Å². The van der Waals surface area contributed by atoms with Crippen LogP contribution in [-0.2, 0) is 10.2 Å². The second kappa shape index (κ2) is 7.33. The Morgan fingerprint density at radius 3 is 2.41 bits per heavy atom. The predicted molar refractivity (Wildman–Crippen MR) is 94.0 cm³/mol. The minimum Gasteiger partial charge on any atom is -0.306 e. The summed E-state index contributed by atoms with van der Waals surface area (Å²) in [6.07, 6.45) is 6.24. The topological polar surface area (TPSA) is 20.3 Å². The molecule has 0 saturated heterocycles. The maximum atomic E-state index is 11.2. The van der Waals surface area contributed by atoms with Gasteiger partial charge < -0.3 is 9.69 Å². The highest BCUT2D eigenvalue weighted by Gasteiger charge is 2.46. The van der Waals surface area contributed by atoms with Gasteiger partial charge in [-0.1, -0.05) is 35.7 Å². The van der Waals surface area contributed by atoms with Crippen molar-refractivity contribution in [2.75, 3.05) is 14.1 Å². The van der Waals surface area contributed by atoms with Crippen LogP contribution in [0.15, 0.2) is 18.2 Å². The molecule has 1 fully saturated rings. The van der Waals surface area contributed by atoms with E-state index in [-0.39, 0.29) is 11.2 Å². The quantitative estimate of drug-likeness (QED) is 0.687. The van der Waals surface area contributed by atoms with Gasteiger partial charge in [-0.15, -0.1) is 0 Å². The summed E-state index contributed by atoms with van der Waals surface area (Å²) in [4.78, 5) is 13.5. The molecule has 0 aliphatic heterocycles. The van der Waals surface area contributed by atoms with E-state index in [1.54, 1.807) is 6.92 Å². The van der Waals surface area contributed by atoms with Gasteiger partial charge in [0.25, 0.3) is 0 Å². The smallest absolute Gasteiger partial charge is 0.129 e. The molecule has 2 nitrogen and oxygen atoms in total. The summed E-state index contributed by atoms with van der Waals surface area (Å²) in [5.74, 6) is 0.273. The average Bonchev–Trinajstić information content (AvgIpc) is 2.39. The van der Waals surface area contributed by atoms with E-state index in [1.807, 2.05) is 12.1 Å². The normalized spacial score (nSPS) is 18.1. The molecule has 0 heterocycles. The summed E-state index contributed by atoms with van der Waals surface area (Å²) in [6, 6.07) is 6.49. The molecule has 122 valence electrons. The number of nitrogens with zero attached hydrogens (tertiary/aromatic N) is 1. The number of carbonyl (C=O) groups is 1. The fourth-order valence-corrected chi connectivity index (χ4v) is 4.05. The van der Waals surface area contributed by atoms with E-state index >= 15 is 0 Å². The average molecular weight is 342 g/mol. The molecular formula is C18H25Cl2NO. The van der Waals surface area contributed by atoms with Gasteiger partial charge in [-0.05, 0) is 64.4 Å². The number of rotatable bonds is 7. The first-order valence-electron chi connectivity index (χ1n) is 7.98. The number of hydrogen-bond acceptors (Lipinski definition) is 2. The van der Waals surface area contributed by atoms with Crippen LogP contribution in [0.25, 0.3) is 0 Å². The van der Waals surface area contributed by atoms with Crippen molar-refractivity contribution in [1.29, 1.82) is 0 Å². The van der Waals surface area contributed by atoms with E-state index in [0.29, 0.717) is 22.5 Å². The molecule has 2 rings (SSSR count). The summed E-state index contributed by atoms with van der Waals surface area (Å²) in [6.45, 7) is 1.67. The molecule has 0 bridgehead atoms. The van der Waals surface area contributed by atoms with Crippen LogP contribution in [0.1, 0.15) is 51.0 Å². The molecule has 1 aromatic rings. The maximum absolute atomic E-state index is 11.2. The molecule has 0 radical (unpaired) electrons. The van der Waals surface area contributed by atoms with Gasteiger partial charge in [0, 0.05) is 17.9 Å². The largest absolute Gasteiger partial charge is 0.306 e. The second-order valence-electron chi connectivity index (χ2n) is 6.71. The van der Waals surface area contributed by atoms with Gasteiger partial charge >= 0.3 is 0 Å². The van der Waals surface area contributed by atoms with Crippen molar-refractivity contribution in [3.8, 4) is 0 Å². The second-order valence-corrected chi connectivity index (χ2v) is 7.53. The summed E-state index contributed by atoms with van der Waals surface area (Å²) in [5.41, 5.74) is 1.43. The Bertz CT molecular complexity index is 538. The van der Waals surface area contributed by atoms with Crippen molar-refractivity contribution < 1.29 is 4.79 Å². The van der Waals surface area contributed by atoms with E-state index in [0.717, 1.165) is 12.8 Å². The van der Waals surface area contributed by atoms with Crippen molar-refractivity contribution in [1.82, 2.24) is 4.90 Å². The third-order valence-corrected chi connectivity index (χ3v) is 5.75. The van der Waals surface area contributed by atoms with Crippen molar-refractivity contribution in [3.05, 3.63) is 33.8 Å². The third kappa shape index (κ3) is 3.67. The van der Waals surface area contributed by atoms with Crippen LogP contribution in [0, 0.1) is 0 Å². The fourth-order valence-electron chi connectivity index (χ4n) is 3.75. The number of benzene rings is 1. The highest BCUT2D eigenvalue weighted by atomic mass is 35.5. The van der Waals surface area contributed by atoms with Crippen molar-refractivity contribution >= 4 is 29.0 Å². The summed E-state index contributed by atoms with van der Waals surface area (Å²) < 4.78 is 0. The molecule has 0 aromatic heterocycles. The van der Waals surface area contributed by atoms with Gasteiger partial charge in [-0.25, -0.2) is 0 Å². The number of likely N-dealkylation sites (N-methyl/N-ethyl adjacent to an activating group) is 1. The molecule has 1 atom stereocenters. The minimum absolute atomic E-state index is 0.147. The monoisotopic (exact) mass is 341 g/mol. The third-order valence-electron chi connectivity index (χ3n) is 5.01. The highest BCUT2D eigenvalue weighted by molar-refractivity contribution is 6.42. The van der Waals surface area contributed by atoms with Gasteiger partial charge in [-0.2, -0.15) is 0 Å². The molecular weight excluding hydrogens is 317 g/mol. The SMILES string of the molecule is CC(=O)CCCC(N(C)C)C1(c2ccc(Cl)c(Cl)c2)CCC1. The standard InChI is InChI=1S/C18H25Cl2NO/c1-13(22)6-4-7-17(21(2)3)18(10-5-11-18)14-8-9-15(19)16(20)12-14/h8-9,12,17H,4-7,10-11H2,1-3H3. The number of halogens is 2. The summed E-state index contributed by atoms with van der Waals surface area (Å²) in [7, 11) is 4.27. The van der Waals surface area contributed by atoms with Crippen LogP contribution in [0.2, 0.25) is 10.0 Å². The van der Waals surface area contributed by atoms with Crippen LogP contribution in [-0.4, -0.2) is 30.8 Å². The number of ketones is 1. The van der Waals surface area contributed by atoms with Crippen LogP contribution >= 0.6 is 23.2 Å². The van der Waals surface area contributed by atoms with E-state index in [1.165, 1.54) is 24.8 Å². The van der Waals surface area contributed by atoms with Crippen molar-refractivity contribution in [3.63, 3.8) is 0 Å². The van der Waals surface area contributed by atoms with Gasteiger partial charge in [0.05, 0.1) is 10.0 Å². The lowest BCUT2D eigenvalue weighted by molar-refractivity contribution is -0.117. The van der Waals surface area contributed by atoms with Crippen LogP contribution in [0.5, 0.6) is 0 Å². The molecule has 1 aromatic carbocycles. The van der Waals surface area contributed by atoms with Crippen LogP contribution in [0.3, 0.4) is 0 Å². The van der Waals surface area contributed by atoms with Gasteiger partial charge in [-0.3, -0.25) is 0 Å². The molecule has 0 N–H and O–H groups in total. The lowest BCUT2D eigenvalue weighted by Gasteiger charge is -2.51. The first-order valence-corrected chi connectivity index (χ1v) is 8.74. The number of hydrogen-bond donors (Lipinski definition) is 0. The molecule has 1 unspecified atom stereocenters. The molecule has 4 heteroatoms. The Hall–Kier alpha value is -0.570. The lowest BCUT2D eigenvalue weighted by atomic mass is 9.59. The van der Waals surface area contributed by atoms with Crippen LogP contribution < -0.4 is 0 Å². The predicted octanol–water partition coefficient (Wildman–Crippen LogP) is 5.10. The Morgan fingerprint density at radius 2 is 1.95 bits per heavy atom. The van der Waals surface area contributed by atoms with Crippen molar-refractivity contribution in [2.45, 2.75) is 56.9 Å². The molecule has 0 amide bonds. The van der Waals surface area contributed by atoms with Gasteiger partial charge in [0.15, 0.2) is 0 Å². The lowest BCUT2D eigenvalue weighted by Crippen LogP contribution is -2.52. The zero-order valence-electron chi connectivity index (χ0n) is 13.7. The zero-order chi connectivity index (χ0) is 16.3. The fraction of sp³-hybridized carbons (Fsp3) is 0.611. The zero-order valence-corrected chi connectivity index (χ0v) is 15.2. The molecule has 1 aliphatic rings. The summed E-state index contributed by atoms with van der Waals surface area (Å²) >= 11 is 12.3. The molecule has 1 aliphatic carbocycles. The Balaban J connectivity index is 2.24. The maximum Gasteiger partial charge on any atom is 0.129 e. The highest BCUT2D eigenvalue weighted by Crippen LogP contribution is 2.50. The minimum atomic E-state index is 0.147. The Labute approximate surface area is 143 Å². The first-order chi connectivity index (χ1) is 10.4. The number of carbonyl (C=O) groups excluding carboxylic acids is 1. The van der Waals surface area contributed by atoms with E-state index in [4.69, 9.17) is 23.2 Å². The Morgan fingerprint density at radius 1 is 1.27 bits per heavy atom. The molecule has 0 spiro atoms.